The summed E-state index contributed by atoms with van der Waals surface area (Å²) >= 11 is 5.82. The first-order valence-electron chi connectivity index (χ1n) is 7.11. The Morgan fingerprint density at radius 2 is 2.05 bits per heavy atom. The van der Waals surface area contributed by atoms with Gasteiger partial charge in [0.25, 0.3) is 0 Å². The molecule has 0 radical (unpaired) electrons. The maximum absolute atomic E-state index is 5.82. The van der Waals surface area contributed by atoms with Gasteiger partial charge in [-0.25, -0.2) is 15.0 Å². The number of rotatable bonds is 4. The largest absolute Gasteiger partial charge is 0.365 e. The molecule has 0 amide bonds. The molecule has 2 aromatic rings. The number of hydrogen-bond donors (Lipinski definition) is 1. The Morgan fingerprint density at radius 1 is 1.27 bits per heavy atom. The molecule has 7 nitrogen and oxygen atoms in total. The first-order chi connectivity index (χ1) is 10.6. The van der Waals surface area contributed by atoms with Crippen LogP contribution in [0, 0.1) is 0 Å². The summed E-state index contributed by atoms with van der Waals surface area (Å²) < 4.78 is 0. The van der Waals surface area contributed by atoms with Crippen molar-refractivity contribution in [1.29, 1.82) is 0 Å². The number of hydrogen-bond acceptors (Lipinski definition) is 7. The maximum Gasteiger partial charge on any atom is 0.226 e. The second-order valence-electron chi connectivity index (χ2n) is 5.41. The van der Waals surface area contributed by atoms with Gasteiger partial charge in [0, 0.05) is 39.4 Å². The molecule has 1 atom stereocenters. The number of nitrogens with zero attached hydrogens (tertiary/aromatic N) is 6. The van der Waals surface area contributed by atoms with E-state index >= 15 is 0 Å². The molecule has 1 fully saturated rings. The summed E-state index contributed by atoms with van der Waals surface area (Å²) in [4.78, 5) is 21.2. The van der Waals surface area contributed by atoms with E-state index in [-0.39, 0.29) is 0 Å². The van der Waals surface area contributed by atoms with Crippen molar-refractivity contribution < 1.29 is 0 Å². The molecular weight excluding hydrogens is 302 g/mol. The average Bonchev–Trinajstić information content (AvgIpc) is 2.96. The Bertz CT molecular complexity index is 631. The fraction of sp³-hybridized carbons (Fsp3) is 0.429. The summed E-state index contributed by atoms with van der Waals surface area (Å²) in [5.41, 5.74) is 0. The molecule has 2 aromatic heterocycles. The lowest BCUT2D eigenvalue weighted by Crippen LogP contribution is -2.27. The lowest BCUT2D eigenvalue weighted by molar-refractivity contribution is 0.795. The third-order valence-electron chi connectivity index (χ3n) is 3.47. The van der Waals surface area contributed by atoms with E-state index < -0.39 is 0 Å². The highest BCUT2D eigenvalue weighted by Gasteiger charge is 2.24. The number of nitrogens with one attached hydrogen (secondary N) is 1. The van der Waals surface area contributed by atoms with Gasteiger partial charge in [-0.3, -0.25) is 0 Å². The van der Waals surface area contributed by atoms with Crippen LogP contribution in [0.1, 0.15) is 6.42 Å². The normalized spacial score (nSPS) is 17.6. The summed E-state index contributed by atoms with van der Waals surface area (Å²) in [7, 11) is 3.85. The van der Waals surface area contributed by atoms with Crippen LogP contribution in [0.5, 0.6) is 0 Å². The summed E-state index contributed by atoms with van der Waals surface area (Å²) in [5, 5.41) is 4.00. The molecule has 0 saturated carbocycles. The highest BCUT2D eigenvalue weighted by molar-refractivity contribution is 6.30. The monoisotopic (exact) mass is 319 g/mol. The lowest BCUT2D eigenvalue weighted by Gasteiger charge is -2.17. The minimum Gasteiger partial charge on any atom is -0.365 e. The molecule has 0 aromatic carbocycles. The van der Waals surface area contributed by atoms with Gasteiger partial charge < -0.3 is 15.1 Å². The van der Waals surface area contributed by atoms with Crippen molar-refractivity contribution in [2.75, 3.05) is 42.3 Å². The molecule has 8 heteroatoms. The van der Waals surface area contributed by atoms with Gasteiger partial charge in [-0.05, 0) is 12.5 Å². The molecule has 0 bridgehead atoms. The van der Waals surface area contributed by atoms with Crippen LogP contribution in [0.15, 0.2) is 24.7 Å². The summed E-state index contributed by atoms with van der Waals surface area (Å²) in [5.74, 6) is 2.24. The van der Waals surface area contributed by atoms with Gasteiger partial charge in [-0.2, -0.15) is 4.98 Å². The zero-order valence-electron chi connectivity index (χ0n) is 12.6. The average molecular weight is 320 g/mol. The van der Waals surface area contributed by atoms with Gasteiger partial charge in [0.05, 0.1) is 17.4 Å². The predicted octanol–water partition coefficient (Wildman–Crippen LogP) is 1.68. The first-order valence-corrected chi connectivity index (χ1v) is 7.49. The topological polar surface area (TPSA) is 70.1 Å². The first kappa shape index (κ1) is 14.8. The second kappa shape index (κ2) is 6.31. The summed E-state index contributed by atoms with van der Waals surface area (Å²) in [6.07, 6.45) is 6.02. The molecule has 1 unspecified atom stereocenters. The van der Waals surface area contributed by atoms with Gasteiger partial charge in [0.1, 0.15) is 5.82 Å². The van der Waals surface area contributed by atoms with E-state index in [1.54, 1.807) is 18.6 Å². The van der Waals surface area contributed by atoms with Crippen molar-refractivity contribution in [3.05, 3.63) is 29.7 Å². The SMILES string of the molecule is CN(C)c1nccc(NC2CCN(c3ncc(Cl)cn3)C2)n1. The number of anilines is 3. The Labute approximate surface area is 134 Å². The van der Waals surface area contributed by atoms with E-state index in [4.69, 9.17) is 11.6 Å². The zero-order valence-corrected chi connectivity index (χ0v) is 13.3. The highest BCUT2D eigenvalue weighted by Crippen LogP contribution is 2.19. The van der Waals surface area contributed by atoms with Gasteiger partial charge in [-0.15, -0.1) is 0 Å². The van der Waals surface area contributed by atoms with Crippen LogP contribution in [-0.2, 0) is 0 Å². The molecule has 0 aliphatic carbocycles. The van der Waals surface area contributed by atoms with Crippen LogP contribution in [0.2, 0.25) is 5.02 Å². The molecule has 1 aliphatic rings. The van der Waals surface area contributed by atoms with E-state index in [9.17, 15) is 0 Å². The van der Waals surface area contributed by atoms with Crippen molar-refractivity contribution in [3.8, 4) is 0 Å². The molecule has 22 heavy (non-hydrogen) atoms. The molecule has 0 spiro atoms. The quantitative estimate of drug-likeness (QED) is 0.919. The zero-order chi connectivity index (χ0) is 15.5. The van der Waals surface area contributed by atoms with Gasteiger partial charge in [-0.1, -0.05) is 11.6 Å². The van der Waals surface area contributed by atoms with Crippen molar-refractivity contribution in [3.63, 3.8) is 0 Å². The lowest BCUT2D eigenvalue weighted by atomic mass is 10.2. The smallest absolute Gasteiger partial charge is 0.226 e. The highest BCUT2D eigenvalue weighted by atomic mass is 35.5. The minimum absolute atomic E-state index is 0.309. The van der Waals surface area contributed by atoms with Crippen molar-refractivity contribution in [1.82, 2.24) is 19.9 Å². The standard InChI is InChI=1S/C14H18ClN7/c1-21(2)14-16-5-3-12(20-14)19-11-4-6-22(9-11)13-17-7-10(15)8-18-13/h3,5,7-8,11H,4,6,9H2,1-2H3,(H,16,19,20). The Morgan fingerprint density at radius 3 is 2.77 bits per heavy atom. The summed E-state index contributed by atoms with van der Waals surface area (Å²) in [6, 6.07) is 2.19. The van der Waals surface area contributed by atoms with E-state index in [1.807, 2.05) is 25.1 Å². The van der Waals surface area contributed by atoms with Crippen LogP contribution in [0.25, 0.3) is 0 Å². The molecule has 3 rings (SSSR count). The van der Waals surface area contributed by atoms with Crippen LogP contribution in [0.4, 0.5) is 17.7 Å². The van der Waals surface area contributed by atoms with Crippen molar-refractivity contribution in [2.45, 2.75) is 12.5 Å². The molecule has 3 heterocycles. The van der Waals surface area contributed by atoms with E-state index in [0.29, 0.717) is 23.0 Å². The Kier molecular flexibility index (Phi) is 4.24. The predicted molar refractivity (Wildman–Crippen MR) is 87.6 cm³/mol. The third-order valence-corrected chi connectivity index (χ3v) is 3.67. The van der Waals surface area contributed by atoms with E-state index in [0.717, 1.165) is 25.3 Å². The van der Waals surface area contributed by atoms with Crippen molar-refractivity contribution in [2.24, 2.45) is 0 Å². The number of halogens is 1. The van der Waals surface area contributed by atoms with Crippen LogP contribution >= 0.6 is 11.6 Å². The van der Waals surface area contributed by atoms with Crippen LogP contribution in [-0.4, -0.2) is 53.2 Å². The Balaban J connectivity index is 1.63. The molecule has 1 N–H and O–H groups in total. The van der Waals surface area contributed by atoms with E-state index in [1.165, 1.54) is 0 Å². The second-order valence-corrected chi connectivity index (χ2v) is 5.85. The molecule has 1 aliphatic heterocycles. The van der Waals surface area contributed by atoms with Crippen molar-refractivity contribution >= 4 is 29.3 Å². The van der Waals surface area contributed by atoms with Gasteiger partial charge in [0.15, 0.2) is 0 Å². The van der Waals surface area contributed by atoms with Crippen LogP contribution < -0.4 is 15.1 Å². The third kappa shape index (κ3) is 3.36. The Hall–Kier alpha value is -2.15. The fourth-order valence-electron chi connectivity index (χ4n) is 2.38. The number of aromatic nitrogens is 4. The minimum atomic E-state index is 0.309. The van der Waals surface area contributed by atoms with Crippen LogP contribution in [0.3, 0.4) is 0 Å². The van der Waals surface area contributed by atoms with E-state index in [2.05, 4.69) is 30.2 Å². The van der Waals surface area contributed by atoms with Gasteiger partial charge >= 0.3 is 0 Å². The summed E-state index contributed by atoms with van der Waals surface area (Å²) in [6.45, 7) is 1.74. The molecule has 116 valence electrons. The molecule has 1 saturated heterocycles. The fourth-order valence-corrected chi connectivity index (χ4v) is 2.48. The van der Waals surface area contributed by atoms with Gasteiger partial charge in [0.2, 0.25) is 11.9 Å². The molecular formula is C14H18ClN7. The maximum atomic E-state index is 5.82.